The van der Waals surface area contributed by atoms with Crippen LogP contribution in [0.2, 0.25) is 0 Å². The van der Waals surface area contributed by atoms with Crippen LogP contribution in [0.15, 0.2) is 48.5 Å². The van der Waals surface area contributed by atoms with Gasteiger partial charge in [0.1, 0.15) is 17.4 Å². The maximum absolute atomic E-state index is 11.4. The molecule has 7 nitrogen and oxygen atoms in total. The van der Waals surface area contributed by atoms with E-state index in [2.05, 4.69) is 16.3 Å². The van der Waals surface area contributed by atoms with E-state index in [0.29, 0.717) is 6.54 Å². The van der Waals surface area contributed by atoms with E-state index in [0.717, 1.165) is 72.8 Å². The van der Waals surface area contributed by atoms with E-state index in [9.17, 15) is 4.79 Å². The zero-order chi connectivity index (χ0) is 21.6. The van der Waals surface area contributed by atoms with Gasteiger partial charge in [0, 0.05) is 17.8 Å². The molecule has 2 heterocycles. The van der Waals surface area contributed by atoms with Crippen molar-refractivity contribution in [1.82, 2.24) is 14.9 Å². The normalized spacial score (nSPS) is 15.1. The second-order valence-electron chi connectivity index (χ2n) is 7.95. The van der Waals surface area contributed by atoms with Crippen molar-refractivity contribution >= 4 is 22.6 Å². The summed E-state index contributed by atoms with van der Waals surface area (Å²) in [7, 11) is 1.70. The largest absolute Gasteiger partial charge is 0.496 e. The maximum Gasteiger partial charge on any atom is 0.220 e. The van der Waals surface area contributed by atoms with Gasteiger partial charge in [-0.2, -0.15) is 0 Å². The van der Waals surface area contributed by atoms with Crippen molar-refractivity contribution < 1.29 is 9.53 Å². The van der Waals surface area contributed by atoms with Gasteiger partial charge in [0.2, 0.25) is 5.91 Å². The van der Waals surface area contributed by atoms with Crippen molar-refractivity contribution in [3.05, 3.63) is 59.9 Å². The van der Waals surface area contributed by atoms with E-state index in [4.69, 9.17) is 20.4 Å². The number of anilines is 1. The van der Waals surface area contributed by atoms with Crippen molar-refractivity contribution in [2.45, 2.75) is 25.8 Å². The number of likely N-dealkylation sites (tertiary alicyclic amines) is 1. The summed E-state index contributed by atoms with van der Waals surface area (Å²) in [4.78, 5) is 23.3. The van der Waals surface area contributed by atoms with Crippen LogP contribution in [-0.4, -0.2) is 47.5 Å². The van der Waals surface area contributed by atoms with E-state index in [1.807, 2.05) is 42.5 Å². The molecule has 0 unspecified atom stereocenters. The summed E-state index contributed by atoms with van der Waals surface area (Å²) in [5.41, 5.74) is 7.55. The summed E-state index contributed by atoms with van der Waals surface area (Å²) < 4.78 is 5.46. The van der Waals surface area contributed by atoms with Gasteiger partial charge in [-0.05, 0) is 56.1 Å². The second-order valence-corrected chi connectivity index (χ2v) is 7.95. The molecule has 3 N–H and O–H groups in total. The number of rotatable bonds is 8. The molecule has 1 amide bonds. The average molecular weight is 420 g/mol. The smallest absolute Gasteiger partial charge is 0.220 e. The number of piperidine rings is 1. The van der Waals surface area contributed by atoms with E-state index in [1.165, 1.54) is 0 Å². The molecule has 4 rings (SSSR count). The lowest BCUT2D eigenvalue weighted by Crippen LogP contribution is -2.38. The number of amides is 1. The van der Waals surface area contributed by atoms with Crippen LogP contribution < -0.4 is 15.8 Å². The molecule has 0 saturated carbocycles. The first-order valence-electron chi connectivity index (χ1n) is 10.8. The monoisotopic (exact) mass is 419 g/mol. The number of primary amides is 1. The molecule has 0 atom stereocenters. The van der Waals surface area contributed by atoms with Crippen LogP contribution in [-0.2, 0) is 17.8 Å². The van der Waals surface area contributed by atoms with Gasteiger partial charge < -0.3 is 15.8 Å². The summed E-state index contributed by atoms with van der Waals surface area (Å²) >= 11 is 0. The molecule has 162 valence electrons. The predicted molar refractivity (Wildman–Crippen MR) is 122 cm³/mol. The van der Waals surface area contributed by atoms with Crippen LogP contribution in [0, 0.1) is 5.92 Å². The molecule has 0 aliphatic carbocycles. The molecule has 0 bridgehead atoms. The average Bonchev–Trinajstić information content (AvgIpc) is 2.79. The van der Waals surface area contributed by atoms with Crippen LogP contribution in [0.4, 0.5) is 5.82 Å². The Labute approximate surface area is 182 Å². The number of aromatic nitrogens is 2. The number of ether oxygens (including phenoxy) is 1. The zero-order valence-electron chi connectivity index (χ0n) is 17.9. The molecule has 2 aromatic carbocycles. The molecule has 1 aromatic heterocycles. The number of hydrogen-bond donors (Lipinski definition) is 2. The first-order chi connectivity index (χ1) is 15.1. The molecule has 0 radical (unpaired) electrons. The van der Waals surface area contributed by atoms with Crippen molar-refractivity contribution in [2.75, 3.05) is 32.1 Å². The van der Waals surface area contributed by atoms with E-state index < -0.39 is 0 Å². The van der Waals surface area contributed by atoms with Crippen LogP contribution in [0.5, 0.6) is 5.75 Å². The first-order valence-corrected chi connectivity index (χ1v) is 10.8. The van der Waals surface area contributed by atoms with Gasteiger partial charge in [-0.1, -0.05) is 30.3 Å². The molecule has 1 saturated heterocycles. The molecular weight excluding hydrogens is 390 g/mol. The Kier molecular flexibility index (Phi) is 6.62. The van der Waals surface area contributed by atoms with E-state index in [1.54, 1.807) is 7.11 Å². The minimum Gasteiger partial charge on any atom is -0.496 e. The number of carbonyl (C=O) groups excluding carboxylic acids is 1. The second kappa shape index (κ2) is 9.75. The Bertz CT molecular complexity index is 1050. The minimum absolute atomic E-state index is 0.0130. The molecule has 1 aliphatic rings. The fraction of sp³-hybridized carbons (Fsp3) is 0.375. The van der Waals surface area contributed by atoms with E-state index >= 15 is 0 Å². The molecule has 31 heavy (non-hydrogen) atoms. The predicted octanol–water partition coefficient (Wildman–Crippen LogP) is 2.99. The number of fused-ring (bicyclic) bond motifs is 1. The van der Waals surface area contributed by atoms with Gasteiger partial charge in [-0.25, -0.2) is 9.97 Å². The molecular formula is C24H29N5O2. The highest BCUT2D eigenvalue weighted by atomic mass is 16.5. The van der Waals surface area contributed by atoms with E-state index in [-0.39, 0.29) is 11.8 Å². The third kappa shape index (κ3) is 5.11. The Hall–Kier alpha value is -3.19. The van der Waals surface area contributed by atoms with Gasteiger partial charge in [0.15, 0.2) is 0 Å². The third-order valence-corrected chi connectivity index (χ3v) is 5.88. The highest BCUT2D eigenvalue weighted by Crippen LogP contribution is 2.23. The Morgan fingerprint density at radius 1 is 1.13 bits per heavy atom. The number of carbonyl (C=O) groups is 1. The highest BCUT2D eigenvalue weighted by Gasteiger charge is 2.23. The maximum atomic E-state index is 11.4. The zero-order valence-corrected chi connectivity index (χ0v) is 17.9. The minimum atomic E-state index is -0.192. The number of benzene rings is 2. The quantitative estimate of drug-likeness (QED) is 0.583. The van der Waals surface area contributed by atoms with Gasteiger partial charge in [0.25, 0.3) is 0 Å². The van der Waals surface area contributed by atoms with Gasteiger partial charge in [-0.15, -0.1) is 0 Å². The number of para-hydroxylation sites is 2. The summed E-state index contributed by atoms with van der Waals surface area (Å²) in [5, 5.41) is 4.51. The topological polar surface area (TPSA) is 93.4 Å². The van der Waals surface area contributed by atoms with Crippen molar-refractivity contribution in [1.29, 1.82) is 0 Å². The lowest BCUT2D eigenvalue weighted by molar-refractivity contribution is -0.123. The number of nitrogens with two attached hydrogens (primary N) is 1. The van der Waals surface area contributed by atoms with Crippen LogP contribution in [0.25, 0.3) is 10.9 Å². The molecule has 0 spiro atoms. The van der Waals surface area contributed by atoms with Gasteiger partial charge in [-0.3, -0.25) is 9.69 Å². The molecule has 7 heteroatoms. The number of methoxy groups -OCH3 is 1. The Morgan fingerprint density at radius 3 is 2.65 bits per heavy atom. The summed E-state index contributed by atoms with van der Waals surface area (Å²) in [6, 6.07) is 16.1. The fourth-order valence-corrected chi connectivity index (χ4v) is 4.13. The van der Waals surface area contributed by atoms with Crippen molar-refractivity contribution in [3.8, 4) is 5.75 Å². The fourth-order valence-electron chi connectivity index (χ4n) is 4.13. The number of hydrogen-bond acceptors (Lipinski definition) is 6. The van der Waals surface area contributed by atoms with Crippen LogP contribution in [0.1, 0.15) is 24.2 Å². The van der Waals surface area contributed by atoms with Crippen molar-refractivity contribution in [3.63, 3.8) is 0 Å². The Balaban J connectivity index is 1.47. The molecule has 1 aliphatic heterocycles. The summed E-state index contributed by atoms with van der Waals surface area (Å²) in [6.07, 6.45) is 2.43. The lowest BCUT2D eigenvalue weighted by atomic mass is 9.96. The standard InChI is InChI=1S/C24H29N5O2/c1-31-21-9-5-2-6-17(21)10-13-26-24-19-7-3-4-8-20(19)27-22(28-24)16-29-14-11-18(12-15-29)23(25)30/h2-9,18H,10-16H2,1H3,(H2,25,30)(H,26,27,28). The summed E-state index contributed by atoms with van der Waals surface area (Å²) in [5.74, 6) is 2.33. The number of nitrogens with one attached hydrogen (secondary N) is 1. The SMILES string of the molecule is COc1ccccc1CCNc1nc(CN2CCC(C(N)=O)CC2)nc2ccccc12. The Morgan fingerprint density at radius 2 is 1.87 bits per heavy atom. The van der Waals surface area contributed by atoms with Crippen LogP contribution >= 0.6 is 0 Å². The number of nitrogens with zero attached hydrogens (tertiary/aromatic N) is 3. The third-order valence-electron chi connectivity index (χ3n) is 5.88. The van der Waals surface area contributed by atoms with Gasteiger partial charge in [0.05, 0.1) is 19.2 Å². The lowest BCUT2D eigenvalue weighted by Gasteiger charge is -2.29. The molecule has 1 fully saturated rings. The highest BCUT2D eigenvalue weighted by molar-refractivity contribution is 5.89. The first kappa shape index (κ1) is 21.1. The van der Waals surface area contributed by atoms with Gasteiger partial charge >= 0.3 is 0 Å². The summed E-state index contributed by atoms with van der Waals surface area (Å²) in [6.45, 7) is 3.07. The molecule has 3 aromatic rings. The van der Waals surface area contributed by atoms with Crippen molar-refractivity contribution in [2.24, 2.45) is 11.7 Å². The van der Waals surface area contributed by atoms with Crippen LogP contribution in [0.3, 0.4) is 0 Å².